The molecule has 0 amide bonds. The van der Waals surface area contributed by atoms with Gasteiger partial charge in [-0.3, -0.25) is 0 Å². The van der Waals surface area contributed by atoms with Crippen LogP contribution in [0.5, 0.6) is 0 Å². The molecule has 0 aromatic heterocycles. The van der Waals surface area contributed by atoms with E-state index in [-0.39, 0.29) is 22.6 Å². The highest BCUT2D eigenvalue weighted by atomic mass is 32.2. The number of hydrogen-bond acceptors (Lipinski definition) is 4. The van der Waals surface area contributed by atoms with Crippen LogP contribution >= 0.6 is 0 Å². The van der Waals surface area contributed by atoms with Crippen LogP contribution in [0.25, 0.3) is 0 Å². The van der Waals surface area contributed by atoms with Crippen LogP contribution in [0.3, 0.4) is 0 Å². The van der Waals surface area contributed by atoms with Crippen LogP contribution in [0.15, 0.2) is 17.0 Å². The lowest BCUT2D eigenvalue weighted by atomic mass is 10.0. The van der Waals surface area contributed by atoms with E-state index in [1.165, 1.54) is 0 Å². The van der Waals surface area contributed by atoms with E-state index in [0.717, 1.165) is 12.0 Å². The molecule has 5 nitrogen and oxygen atoms in total. The summed E-state index contributed by atoms with van der Waals surface area (Å²) in [5.74, 6) is 0.219. The van der Waals surface area contributed by atoms with Crippen LogP contribution in [-0.2, 0) is 14.8 Å². The standard InChI is InChI=1S/C14H22N2O3S/c1-9-4-5-13(15)14(10(9)2)20(17,18)16-8-12-6-7-19-11(12)3/h4-5,11-12,16H,6-8,15H2,1-3H3. The second-order valence-corrected chi connectivity index (χ2v) is 7.11. The fourth-order valence-corrected chi connectivity index (χ4v) is 4.02. The van der Waals surface area contributed by atoms with Gasteiger partial charge in [-0.15, -0.1) is 0 Å². The Bertz CT molecular complexity index is 599. The van der Waals surface area contributed by atoms with E-state index in [2.05, 4.69) is 4.72 Å². The highest BCUT2D eigenvalue weighted by molar-refractivity contribution is 7.89. The molecule has 20 heavy (non-hydrogen) atoms. The number of aryl methyl sites for hydroxylation is 1. The maximum atomic E-state index is 12.5. The summed E-state index contributed by atoms with van der Waals surface area (Å²) in [6.07, 6.45) is 0.972. The number of ether oxygens (including phenoxy) is 1. The Hall–Kier alpha value is -1.11. The molecule has 1 aliphatic rings. The van der Waals surface area contributed by atoms with Gasteiger partial charge in [0.1, 0.15) is 4.90 Å². The molecule has 0 bridgehead atoms. The molecule has 1 heterocycles. The molecule has 0 saturated carbocycles. The molecule has 1 fully saturated rings. The van der Waals surface area contributed by atoms with Crippen molar-refractivity contribution in [2.75, 3.05) is 18.9 Å². The normalized spacial score (nSPS) is 23.1. The van der Waals surface area contributed by atoms with Gasteiger partial charge >= 0.3 is 0 Å². The molecule has 1 aliphatic heterocycles. The number of rotatable bonds is 4. The van der Waals surface area contributed by atoms with Crippen molar-refractivity contribution in [1.29, 1.82) is 0 Å². The molecular weight excluding hydrogens is 276 g/mol. The van der Waals surface area contributed by atoms with Gasteiger partial charge in [0.2, 0.25) is 10.0 Å². The van der Waals surface area contributed by atoms with Crippen LogP contribution in [0.1, 0.15) is 24.5 Å². The van der Waals surface area contributed by atoms with Crippen molar-refractivity contribution in [2.45, 2.75) is 38.2 Å². The molecule has 2 unspecified atom stereocenters. The molecule has 2 rings (SSSR count). The third-order valence-corrected chi connectivity index (χ3v) is 5.67. The van der Waals surface area contributed by atoms with Gasteiger partial charge in [0.15, 0.2) is 0 Å². The summed E-state index contributed by atoms with van der Waals surface area (Å²) < 4.78 is 33.0. The van der Waals surface area contributed by atoms with Crippen LogP contribution in [-0.4, -0.2) is 27.7 Å². The largest absolute Gasteiger partial charge is 0.398 e. The Morgan fingerprint density at radius 3 is 2.70 bits per heavy atom. The van der Waals surface area contributed by atoms with Crippen molar-refractivity contribution >= 4 is 15.7 Å². The molecule has 1 saturated heterocycles. The maximum absolute atomic E-state index is 12.5. The lowest BCUT2D eigenvalue weighted by molar-refractivity contribution is 0.107. The third-order valence-electron chi connectivity index (χ3n) is 4.04. The predicted molar refractivity (Wildman–Crippen MR) is 79.0 cm³/mol. The van der Waals surface area contributed by atoms with Crippen molar-refractivity contribution in [3.8, 4) is 0 Å². The quantitative estimate of drug-likeness (QED) is 0.827. The topological polar surface area (TPSA) is 81.4 Å². The first-order valence-corrected chi connectivity index (χ1v) is 8.28. The number of nitrogen functional groups attached to an aromatic ring is 1. The second kappa shape index (κ2) is 5.71. The predicted octanol–water partition coefficient (Wildman–Crippen LogP) is 1.59. The van der Waals surface area contributed by atoms with E-state index >= 15 is 0 Å². The van der Waals surface area contributed by atoms with Crippen molar-refractivity contribution < 1.29 is 13.2 Å². The SMILES string of the molecule is Cc1ccc(N)c(S(=O)(=O)NCC2CCOC2C)c1C. The number of hydrogen-bond donors (Lipinski definition) is 2. The summed E-state index contributed by atoms with van der Waals surface area (Å²) in [7, 11) is -3.59. The van der Waals surface area contributed by atoms with Crippen LogP contribution < -0.4 is 10.5 Å². The molecular formula is C14H22N2O3S. The van der Waals surface area contributed by atoms with E-state index in [4.69, 9.17) is 10.5 Å². The van der Waals surface area contributed by atoms with Gasteiger partial charge in [0.05, 0.1) is 11.8 Å². The van der Waals surface area contributed by atoms with E-state index in [0.29, 0.717) is 18.7 Å². The summed E-state index contributed by atoms with van der Waals surface area (Å²) in [6.45, 7) is 6.70. The van der Waals surface area contributed by atoms with E-state index in [1.54, 1.807) is 13.0 Å². The number of anilines is 1. The highest BCUT2D eigenvalue weighted by Crippen LogP contribution is 2.26. The lowest BCUT2D eigenvalue weighted by Crippen LogP contribution is -2.32. The van der Waals surface area contributed by atoms with Gasteiger partial charge in [-0.25, -0.2) is 13.1 Å². The fourth-order valence-electron chi connectivity index (χ4n) is 2.50. The van der Waals surface area contributed by atoms with Crippen molar-refractivity contribution in [3.05, 3.63) is 23.3 Å². The molecule has 1 aromatic rings. The van der Waals surface area contributed by atoms with Gasteiger partial charge in [-0.05, 0) is 44.4 Å². The van der Waals surface area contributed by atoms with Gasteiger partial charge in [0.25, 0.3) is 0 Å². The van der Waals surface area contributed by atoms with E-state index < -0.39 is 10.0 Å². The molecule has 0 aliphatic carbocycles. The molecule has 2 atom stereocenters. The lowest BCUT2D eigenvalue weighted by Gasteiger charge is -2.17. The number of nitrogens with two attached hydrogens (primary N) is 1. The van der Waals surface area contributed by atoms with Crippen molar-refractivity contribution in [1.82, 2.24) is 4.72 Å². The summed E-state index contributed by atoms with van der Waals surface area (Å²) >= 11 is 0. The monoisotopic (exact) mass is 298 g/mol. The molecule has 112 valence electrons. The Morgan fingerprint density at radius 1 is 1.40 bits per heavy atom. The average Bonchev–Trinajstić information content (AvgIpc) is 2.77. The molecule has 6 heteroatoms. The van der Waals surface area contributed by atoms with Gasteiger partial charge < -0.3 is 10.5 Å². The average molecular weight is 298 g/mol. The smallest absolute Gasteiger partial charge is 0.242 e. The van der Waals surface area contributed by atoms with Crippen LogP contribution in [0.2, 0.25) is 0 Å². The fraction of sp³-hybridized carbons (Fsp3) is 0.571. The zero-order valence-electron chi connectivity index (χ0n) is 12.1. The Kier molecular flexibility index (Phi) is 4.36. The number of benzene rings is 1. The summed E-state index contributed by atoms with van der Waals surface area (Å²) in [5, 5.41) is 0. The number of nitrogens with one attached hydrogen (secondary N) is 1. The van der Waals surface area contributed by atoms with E-state index in [9.17, 15) is 8.42 Å². The Balaban J connectivity index is 2.21. The highest BCUT2D eigenvalue weighted by Gasteiger charge is 2.27. The van der Waals surface area contributed by atoms with Gasteiger partial charge in [0, 0.05) is 19.1 Å². The summed E-state index contributed by atoms with van der Waals surface area (Å²) in [4.78, 5) is 0.198. The zero-order chi connectivity index (χ0) is 14.9. The number of sulfonamides is 1. The maximum Gasteiger partial charge on any atom is 0.242 e. The van der Waals surface area contributed by atoms with E-state index in [1.807, 2.05) is 19.9 Å². The van der Waals surface area contributed by atoms with Crippen LogP contribution in [0.4, 0.5) is 5.69 Å². The van der Waals surface area contributed by atoms with Gasteiger partial charge in [-0.1, -0.05) is 6.07 Å². The Labute approximate surface area is 120 Å². The van der Waals surface area contributed by atoms with Crippen molar-refractivity contribution in [3.63, 3.8) is 0 Å². The third kappa shape index (κ3) is 2.97. The first kappa shape index (κ1) is 15.3. The first-order valence-electron chi connectivity index (χ1n) is 6.80. The van der Waals surface area contributed by atoms with Crippen molar-refractivity contribution in [2.24, 2.45) is 5.92 Å². The van der Waals surface area contributed by atoms with Crippen LogP contribution in [0, 0.1) is 19.8 Å². The minimum absolute atomic E-state index is 0.0913. The van der Waals surface area contributed by atoms with Gasteiger partial charge in [-0.2, -0.15) is 0 Å². The summed E-state index contributed by atoms with van der Waals surface area (Å²) in [5.41, 5.74) is 7.75. The second-order valence-electron chi connectivity index (χ2n) is 5.40. The molecule has 1 aromatic carbocycles. The Morgan fingerprint density at radius 2 is 2.10 bits per heavy atom. The first-order chi connectivity index (χ1) is 9.33. The molecule has 0 spiro atoms. The zero-order valence-corrected chi connectivity index (χ0v) is 13.0. The summed E-state index contributed by atoms with van der Waals surface area (Å²) in [6, 6.07) is 3.47. The molecule has 0 radical (unpaired) electrons. The minimum Gasteiger partial charge on any atom is -0.398 e. The molecule has 3 N–H and O–H groups in total. The minimum atomic E-state index is -3.59.